The Hall–Kier alpha value is -0.650. The number of hydrogen-bond donors (Lipinski definition) is 3. The van der Waals surface area contributed by atoms with Crippen LogP contribution in [0.5, 0.6) is 0 Å². The second-order valence-electron chi connectivity index (χ2n) is 5.37. The first-order chi connectivity index (χ1) is 7.93. The lowest BCUT2D eigenvalue weighted by Crippen LogP contribution is -2.33. The van der Waals surface area contributed by atoms with Crippen LogP contribution in [0.15, 0.2) is 0 Å². The van der Waals surface area contributed by atoms with Gasteiger partial charge in [0.2, 0.25) is 5.91 Å². The van der Waals surface area contributed by atoms with Gasteiger partial charge in [-0.25, -0.2) is 0 Å². The topological polar surface area (TPSA) is 86.8 Å². The number of amides is 1. The summed E-state index contributed by atoms with van der Waals surface area (Å²) in [5, 5.41) is 18.8. The van der Waals surface area contributed by atoms with Crippen molar-refractivity contribution >= 4 is 5.91 Å². The molecule has 0 aliphatic carbocycles. The highest BCUT2D eigenvalue weighted by Gasteiger charge is 2.32. The van der Waals surface area contributed by atoms with Gasteiger partial charge in [-0.3, -0.25) is 4.79 Å². The summed E-state index contributed by atoms with van der Waals surface area (Å²) in [6.07, 6.45) is -0.268. The average Bonchev–Trinajstić information content (AvgIpc) is 2.57. The van der Waals surface area contributed by atoms with Gasteiger partial charge in [-0.05, 0) is 24.8 Å². The molecule has 17 heavy (non-hydrogen) atoms. The molecule has 1 amide bonds. The average molecular weight is 244 g/mol. The Morgan fingerprint density at radius 3 is 2.29 bits per heavy atom. The molecule has 1 saturated heterocycles. The number of carbonyl (C=O) groups is 1. The number of hydrogen-bond acceptors (Lipinski definition) is 4. The number of carbonyl (C=O) groups excluding carboxylic acids is 1. The van der Waals surface area contributed by atoms with Crippen molar-refractivity contribution in [2.24, 2.45) is 17.6 Å². The Morgan fingerprint density at radius 2 is 1.88 bits per heavy atom. The Bertz CT molecular complexity index is 248. The molecule has 5 nitrogen and oxygen atoms in total. The largest absolute Gasteiger partial charge is 0.388 e. The Morgan fingerprint density at radius 1 is 1.35 bits per heavy atom. The summed E-state index contributed by atoms with van der Waals surface area (Å²) in [5.41, 5.74) is 5.65. The molecule has 0 radical (unpaired) electrons. The minimum absolute atomic E-state index is 0.0169. The van der Waals surface area contributed by atoms with Crippen molar-refractivity contribution in [1.82, 2.24) is 4.90 Å². The molecular weight excluding hydrogens is 220 g/mol. The van der Waals surface area contributed by atoms with E-state index in [2.05, 4.69) is 13.8 Å². The zero-order chi connectivity index (χ0) is 13.0. The van der Waals surface area contributed by atoms with Gasteiger partial charge in [0.25, 0.3) is 0 Å². The normalized spacial score (nSPS) is 26.6. The van der Waals surface area contributed by atoms with Gasteiger partial charge in [0.15, 0.2) is 0 Å². The third-order valence-corrected chi connectivity index (χ3v) is 3.21. The van der Waals surface area contributed by atoms with Crippen LogP contribution in [-0.4, -0.2) is 52.9 Å². The molecule has 0 aromatic heterocycles. The van der Waals surface area contributed by atoms with Crippen LogP contribution in [0.3, 0.4) is 0 Å². The maximum Gasteiger partial charge on any atom is 0.223 e. The second-order valence-corrected chi connectivity index (χ2v) is 5.37. The van der Waals surface area contributed by atoms with Crippen LogP contribution in [-0.2, 0) is 4.79 Å². The van der Waals surface area contributed by atoms with Gasteiger partial charge in [-0.1, -0.05) is 13.8 Å². The summed E-state index contributed by atoms with van der Waals surface area (Å²) < 4.78 is 0. The first-order valence-corrected chi connectivity index (χ1v) is 6.28. The number of nitrogens with two attached hydrogens (primary N) is 1. The minimum Gasteiger partial charge on any atom is -0.388 e. The van der Waals surface area contributed by atoms with E-state index in [1.807, 2.05) is 0 Å². The highest BCUT2D eigenvalue weighted by molar-refractivity contribution is 5.76. The number of likely N-dealkylation sites (tertiary alicyclic amines) is 1. The lowest BCUT2D eigenvalue weighted by Gasteiger charge is -2.21. The molecular formula is C12H24N2O3. The predicted molar refractivity (Wildman–Crippen MR) is 65.2 cm³/mol. The predicted octanol–water partition coefficient (Wildman–Crippen LogP) is -0.438. The van der Waals surface area contributed by atoms with Crippen LogP contribution in [0, 0.1) is 11.8 Å². The molecule has 3 atom stereocenters. The van der Waals surface area contributed by atoms with Crippen LogP contribution in [0.25, 0.3) is 0 Å². The number of rotatable bonds is 5. The van der Waals surface area contributed by atoms with Gasteiger partial charge in [-0.2, -0.15) is 0 Å². The van der Waals surface area contributed by atoms with Crippen molar-refractivity contribution in [3.05, 3.63) is 0 Å². The van der Waals surface area contributed by atoms with Crippen molar-refractivity contribution in [1.29, 1.82) is 0 Å². The summed E-state index contributed by atoms with van der Waals surface area (Å²) in [4.78, 5) is 13.5. The Kier molecular flexibility index (Phi) is 5.36. The van der Waals surface area contributed by atoms with E-state index in [4.69, 9.17) is 5.73 Å². The number of nitrogens with zero attached hydrogens (tertiary/aromatic N) is 1. The van der Waals surface area contributed by atoms with Gasteiger partial charge >= 0.3 is 0 Å². The van der Waals surface area contributed by atoms with Crippen molar-refractivity contribution < 1.29 is 15.0 Å². The second kappa shape index (κ2) is 6.33. The molecule has 0 aromatic carbocycles. The smallest absolute Gasteiger partial charge is 0.223 e. The Labute approximate surface area is 103 Å². The summed E-state index contributed by atoms with van der Waals surface area (Å²) in [5.74, 6) is 0.695. The highest BCUT2D eigenvalue weighted by Crippen LogP contribution is 2.18. The fourth-order valence-corrected chi connectivity index (χ4v) is 2.28. The van der Waals surface area contributed by atoms with E-state index in [0.29, 0.717) is 18.9 Å². The van der Waals surface area contributed by atoms with E-state index in [1.165, 1.54) is 4.90 Å². The molecule has 5 heteroatoms. The highest BCUT2D eigenvalue weighted by atomic mass is 16.3. The number of aliphatic hydroxyl groups excluding tert-OH is 2. The SMILES string of the molecule is CC(C)C[C@H](CN)CC(=O)N1CC(O)C(O)C1. The van der Waals surface area contributed by atoms with Crippen LogP contribution < -0.4 is 5.73 Å². The molecule has 0 spiro atoms. The summed E-state index contributed by atoms with van der Waals surface area (Å²) >= 11 is 0. The number of β-amino-alcohol motifs (C(OH)–C–C–N with tert-alkyl or cyclic N) is 2. The zero-order valence-corrected chi connectivity index (χ0v) is 10.7. The van der Waals surface area contributed by atoms with Crippen molar-refractivity contribution in [2.45, 2.75) is 38.9 Å². The molecule has 0 aromatic rings. The molecule has 0 bridgehead atoms. The summed E-state index contributed by atoms with van der Waals surface area (Å²) in [6.45, 7) is 5.19. The molecule has 100 valence electrons. The van der Waals surface area contributed by atoms with Gasteiger partial charge in [0.1, 0.15) is 0 Å². The molecule has 4 N–H and O–H groups in total. The molecule has 1 rings (SSSR count). The molecule has 1 aliphatic rings. The lowest BCUT2D eigenvalue weighted by molar-refractivity contribution is -0.131. The summed E-state index contributed by atoms with van der Waals surface area (Å²) in [6, 6.07) is 0. The van der Waals surface area contributed by atoms with Gasteiger partial charge < -0.3 is 20.8 Å². The van der Waals surface area contributed by atoms with E-state index >= 15 is 0 Å². The molecule has 1 heterocycles. The molecule has 0 saturated carbocycles. The van der Waals surface area contributed by atoms with Crippen molar-refractivity contribution in [3.8, 4) is 0 Å². The van der Waals surface area contributed by atoms with Crippen molar-refractivity contribution in [3.63, 3.8) is 0 Å². The third-order valence-electron chi connectivity index (χ3n) is 3.21. The fraction of sp³-hybridized carbons (Fsp3) is 0.917. The standard InChI is InChI=1S/C12H24N2O3/c1-8(2)3-9(5-13)4-12(17)14-6-10(15)11(16)7-14/h8-11,15-16H,3-7,13H2,1-2H3/t9-,10?,11?/m0/s1. The van der Waals surface area contributed by atoms with Crippen LogP contribution in [0.1, 0.15) is 26.7 Å². The maximum atomic E-state index is 11.9. The minimum atomic E-state index is -0.805. The van der Waals surface area contributed by atoms with Gasteiger partial charge in [-0.15, -0.1) is 0 Å². The molecule has 1 fully saturated rings. The fourth-order valence-electron chi connectivity index (χ4n) is 2.28. The van der Waals surface area contributed by atoms with E-state index in [-0.39, 0.29) is 24.9 Å². The quantitative estimate of drug-likeness (QED) is 0.612. The van der Waals surface area contributed by atoms with Gasteiger partial charge in [0.05, 0.1) is 12.2 Å². The summed E-state index contributed by atoms with van der Waals surface area (Å²) in [7, 11) is 0. The molecule has 2 unspecified atom stereocenters. The number of aliphatic hydroxyl groups is 2. The van der Waals surface area contributed by atoms with Gasteiger partial charge in [0, 0.05) is 19.5 Å². The Balaban J connectivity index is 2.42. The first-order valence-electron chi connectivity index (χ1n) is 6.28. The third kappa shape index (κ3) is 4.26. The van der Waals surface area contributed by atoms with Crippen LogP contribution >= 0.6 is 0 Å². The maximum absolute atomic E-state index is 11.9. The van der Waals surface area contributed by atoms with Crippen LogP contribution in [0.2, 0.25) is 0 Å². The van der Waals surface area contributed by atoms with E-state index < -0.39 is 12.2 Å². The monoisotopic (exact) mass is 244 g/mol. The van der Waals surface area contributed by atoms with Crippen molar-refractivity contribution in [2.75, 3.05) is 19.6 Å². The first kappa shape index (κ1) is 14.4. The van der Waals surface area contributed by atoms with E-state index in [9.17, 15) is 15.0 Å². The lowest BCUT2D eigenvalue weighted by atomic mass is 9.94. The van der Waals surface area contributed by atoms with Crippen LogP contribution in [0.4, 0.5) is 0 Å². The van der Waals surface area contributed by atoms with E-state index in [1.54, 1.807) is 0 Å². The van der Waals surface area contributed by atoms with E-state index in [0.717, 1.165) is 6.42 Å². The zero-order valence-electron chi connectivity index (χ0n) is 10.7. The molecule has 1 aliphatic heterocycles.